The summed E-state index contributed by atoms with van der Waals surface area (Å²) in [6.07, 6.45) is 1.50. The van der Waals surface area contributed by atoms with Crippen molar-refractivity contribution in [2.24, 2.45) is 0 Å². The van der Waals surface area contributed by atoms with Gasteiger partial charge < -0.3 is 15.1 Å². The van der Waals surface area contributed by atoms with Gasteiger partial charge in [0.1, 0.15) is 6.33 Å². The summed E-state index contributed by atoms with van der Waals surface area (Å²) in [7, 11) is 0. The lowest BCUT2D eigenvalue weighted by Gasteiger charge is -2.34. The average Bonchev–Trinajstić information content (AvgIpc) is 3.28. The molecule has 1 aromatic heterocycles. The SMILES string of the molecule is Cc1cccc(NC(=O)N2CCN(C(=O)c3ccc(-n4cnnn4)cc3)CC2)c1. The highest BCUT2D eigenvalue weighted by Crippen LogP contribution is 2.14. The van der Waals surface area contributed by atoms with Crippen LogP contribution in [0.3, 0.4) is 0 Å². The zero-order valence-corrected chi connectivity index (χ0v) is 16.0. The zero-order valence-electron chi connectivity index (χ0n) is 16.0. The van der Waals surface area contributed by atoms with E-state index < -0.39 is 0 Å². The molecule has 9 nitrogen and oxygen atoms in total. The van der Waals surface area contributed by atoms with E-state index in [1.165, 1.54) is 11.0 Å². The summed E-state index contributed by atoms with van der Waals surface area (Å²) in [5.41, 5.74) is 3.24. The molecular weight excluding hydrogens is 370 g/mol. The smallest absolute Gasteiger partial charge is 0.321 e. The topological polar surface area (TPSA) is 96.2 Å². The Hall–Kier alpha value is -3.75. The molecule has 2 aromatic carbocycles. The first kappa shape index (κ1) is 18.6. The quantitative estimate of drug-likeness (QED) is 0.736. The molecule has 4 rings (SSSR count). The normalized spacial score (nSPS) is 14.0. The Morgan fingerprint density at radius 1 is 0.966 bits per heavy atom. The van der Waals surface area contributed by atoms with Gasteiger partial charge in [-0.3, -0.25) is 4.79 Å². The Morgan fingerprint density at radius 2 is 1.69 bits per heavy atom. The van der Waals surface area contributed by atoms with Crippen LogP contribution in [0.4, 0.5) is 10.5 Å². The third-order valence-electron chi connectivity index (χ3n) is 4.85. The van der Waals surface area contributed by atoms with Crippen molar-refractivity contribution in [3.8, 4) is 5.69 Å². The van der Waals surface area contributed by atoms with Crippen LogP contribution in [0.25, 0.3) is 5.69 Å². The monoisotopic (exact) mass is 391 g/mol. The Labute approximate surface area is 167 Å². The number of benzene rings is 2. The number of aromatic nitrogens is 4. The van der Waals surface area contributed by atoms with E-state index in [1.807, 2.05) is 31.2 Å². The molecule has 1 N–H and O–H groups in total. The largest absolute Gasteiger partial charge is 0.335 e. The van der Waals surface area contributed by atoms with Gasteiger partial charge in [-0.1, -0.05) is 12.1 Å². The van der Waals surface area contributed by atoms with E-state index in [-0.39, 0.29) is 11.9 Å². The lowest BCUT2D eigenvalue weighted by atomic mass is 10.1. The van der Waals surface area contributed by atoms with E-state index in [0.29, 0.717) is 31.7 Å². The summed E-state index contributed by atoms with van der Waals surface area (Å²) < 4.78 is 1.53. The average molecular weight is 391 g/mol. The first-order valence-electron chi connectivity index (χ1n) is 9.35. The van der Waals surface area contributed by atoms with Gasteiger partial charge >= 0.3 is 6.03 Å². The van der Waals surface area contributed by atoms with Gasteiger partial charge in [-0.25, -0.2) is 9.48 Å². The molecule has 3 amide bonds. The van der Waals surface area contributed by atoms with E-state index in [2.05, 4.69) is 20.8 Å². The summed E-state index contributed by atoms with van der Waals surface area (Å²) in [6.45, 7) is 3.96. The molecule has 0 radical (unpaired) electrons. The second-order valence-corrected chi connectivity index (χ2v) is 6.88. The summed E-state index contributed by atoms with van der Waals surface area (Å²) in [6, 6.07) is 14.7. The minimum Gasteiger partial charge on any atom is -0.335 e. The fraction of sp³-hybridized carbons (Fsp3) is 0.250. The maximum atomic E-state index is 12.8. The molecule has 1 fully saturated rings. The van der Waals surface area contributed by atoms with E-state index in [1.54, 1.807) is 34.1 Å². The van der Waals surface area contributed by atoms with Crippen molar-refractivity contribution in [3.05, 3.63) is 66.0 Å². The predicted octanol–water partition coefficient (Wildman–Crippen LogP) is 1.96. The van der Waals surface area contributed by atoms with Gasteiger partial charge in [0.25, 0.3) is 5.91 Å². The van der Waals surface area contributed by atoms with Crippen LogP contribution in [0, 0.1) is 6.92 Å². The second kappa shape index (κ2) is 8.09. The predicted molar refractivity (Wildman–Crippen MR) is 107 cm³/mol. The molecule has 2 heterocycles. The number of hydrogen-bond donors (Lipinski definition) is 1. The number of urea groups is 1. The van der Waals surface area contributed by atoms with Gasteiger partial charge in [-0.05, 0) is 59.3 Å². The lowest BCUT2D eigenvalue weighted by Crippen LogP contribution is -2.51. The van der Waals surface area contributed by atoms with Crippen LogP contribution in [0.15, 0.2) is 54.9 Å². The molecule has 0 bridgehead atoms. The van der Waals surface area contributed by atoms with Crippen molar-refractivity contribution in [1.82, 2.24) is 30.0 Å². The lowest BCUT2D eigenvalue weighted by molar-refractivity contribution is 0.0671. The number of hydrogen-bond acceptors (Lipinski definition) is 5. The number of rotatable bonds is 3. The third kappa shape index (κ3) is 4.23. The van der Waals surface area contributed by atoms with Crippen molar-refractivity contribution in [1.29, 1.82) is 0 Å². The summed E-state index contributed by atoms with van der Waals surface area (Å²) in [5.74, 6) is -0.0491. The second-order valence-electron chi connectivity index (χ2n) is 6.88. The molecule has 1 saturated heterocycles. The Kier molecular flexibility index (Phi) is 5.19. The third-order valence-corrected chi connectivity index (χ3v) is 4.85. The highest BCUT2D eigenvalue weighted by Gasteiger charge is 2.25. The fourth-order valence-electron chi connectivity index (χ4n) is 3.26. The molecule has 148 valence electrons. The number of amides is 3. The summed E-state index contributed by atoms with van der Waals surface area (Å²) >= 11 is 0. The highest BCUT2D eigenvalue weighted by molar-refractivity contribution is 5.95. The molecule has 1 aliphatic heterocycles. The maximum absolute atomic E-state index is 12.8. The van der Waals surface area contributed by atoms with E-state index in [4.69, 9.17) is 0 Å². The Bertz CT molecular complexity index is 994. The van der Waals surface area contributed by atoms with Crippen LogP contribution >= 0.6 is 0 Å². The number of nitrogens with zero attached hydrogens (tertiary/aromatic N) is 6. The first-order chi connectivity index (χ1) is 14.1. The Balaban J connectivity index is 1.33. The van der Waals surface area contributed by atoms with Crippen molar-refractivity contribution >= 4 is 17.6 Å². The number of carbonyl (C=O) groups excluding carboxylic acids is 2. The minimum atomic E-state index is -0.145. The molecule has 0 aliphatic carbocycles. The molecular formula is C20H21N7O2. The molecule has 0 atom stereocenters. The minimum absolute atomic E-state index is 0.0491. The van der Waals surface area contributed by atoms with Crippen molar-refractivity contribution in [3.63, 3.8) is 0 Å². The van der Waals surface area contributed by atoms with Gasteiger partial charge in [0.15, 0.2) is 0 Å². The molecule has 0 unspecified atom stereocenters. The summed E-state index contributed by atoms with van der Waals surface area (Å²) in [5, 5.41) is 13.9. The number of aryl methyl sites for hydroxylation is 1. The molecule has 1 aliphatic rings. The maximum Gasteiger partial charge on any atom is 0.321 e. The Morgan fingerprint density at radius 3 is 2.34 bits per heavy atom. The highest BCUT2D eigenvalue weighted by atomic mass is 16.2. The van der Waals surface area contributed by atoms with E-state index >= 15 is 0 Å². The van der Waals surface area contributed by atoms with Crippen molar-refractivity contribution in [2.45, 2.75) is 6.92 Å². The molecule has 9 heteroatoms. The van der Waals surface area contributed by atoms with Gasteiger partial charge in [0.05, 0.1) is 5.69 Å². The van der Waals surface area contributed by atoms with Gasteiger partial charge in [0, 0.05) is 37.4 Å². The molecule has 0 spiro atoms. The van der Waals surface area contributed by atoms with Gasteiger partial charge in [-0.2, -0.15) is 0 Å². The van der Waals surface area contributed by atoms with Crippen LogP contribution in [-0.2, 0) is 0 Å². The number of tetrazole rings is 1. The number of nitrogens with one attached hydrogen (secondary N) is 1. The van der Waals surface area contributed by atoms with Crippen LogP contribution in [-0.4, -0.2) is 68.1 Å². The standard InChI is InChI=1S/C20H21N7O2/c1-15-3-2-4-17(13-15)22-20(29)26-11-9-25(10-12-26)19(28)16-5-7-18(8-6-16)27-14-21-23-24-27/h2-8,13-14H,9-12H2,1H3,(H,22,29). The van der Waals surface area contributed by atoms with Crippen molar-refractivity contribution in [2.75, 3.05) is 31.5 Å². The van der Waals surface area contributed by atoms with E-state index in [0.717, 1.165) is 16.9 Å². The number of carbonyl (C=O) groups is 2. The van der Waals surface area contributed by atoms with E-state index in [9.17, 15) is 9.59 Å². The number of piperazine rings is 1. The first-order valence-corrected chi connectivity index (χ1v) is 9.35. The number of anilines is 1. The van der Waals surface area contributed by atoms with Crippen LogP contribution < -0.4 is 5.32 Å². The fourth-order valence-corrected chi connectivity index (χ4v) is 3.26. The van der Waals surface area contributed by atoms with Crippen LogP contribution in [0.1, 0.15) is 15.9 Å². The van der Waals surface area contributed by atoms with Crippen LogP contribution in [0.2, 0.25) is 0 Å². The molecule has 0 saturated carbocycles. The molecule has 29 heavy (non-hydrogen) atoms. The van der Waals surface area contributed by atoms with Crippen LogP contribution in [0.5, 0.6) is 0 Å². The van der Waals surface area contributed by atoms with Gasteiger partial charge in [0.2, 0.25) is 0 Å². The zero-order chi connectivity index (χ0) is 20.2. The van der Waals surface area contributed by atoms with Gasteiger partial charge in [-0.15, -0.1) is 5.10 Å². The summed E-state index contributed by atoms with van der Waals surface area (Å²) in [4.78, 5) is 28.7. The molecule has 3 aromatic rings. The van der Waals surface area contributed by atoms with Crippen molar-refractivity contribution < 1.29 is 9.59 Å².